The fourth-order valence-corrected chi connectivity index (χ4v) is 1.47. The Hall–Kier alpha value is -1.36. The van der Waals surface area contributed by atoms with E-state index in [1.165, 1.54) is 0 Å². The SMILES string of the molecule is CCOC(=O)CC(=O)NCc1ccc(Br)cc1. The minimum Gasteiger partial charge on any atom is -0.466 e. The molecule has 0 unspecified atom stereocenters. The zero-order valence-corrected chi connectivity index (χ0v) is 11.1. The van der Waals surface area contributed by atoms with Crippen molar-refractivity contribution in [1.82, 2.24) is 5.32 Å². The molecule has 0 radical (unpaired) electrons. The summed E-state index contributed by atoms with van der Waals surface area (Å²) in [5, 5.41) is 2.65. The number of hydrogen-bond donors (Lipinski definition) is 1. The van der Waals surface area contributed by atoms with Crippen LogP contribution in [0.2, 0.25) is 0 Å². The molecular weight excluding hydrogens is 286 g/mol. The Morgan fingerprint density at radius 1 is 1.29 bits per heavy atom. The minimum absolute atomic E-state index is 0.232. The van der Waals surface area contributed by atoms with Crippen molar-refractivity contribution in [1.29, 1.82) is 0 Å². The van der Waals surface area contributed by atoms with Crippen LogP contribution in [0, 0.1) is 0 Å². The number of nitrogens with one attached hydrogen (secondary N) is 1. The Labute approximate surface area is 108 Å². The summed E-state index contributed by atoms with van der Waals surface area (Å²) in [6, 6.07) is 7.59. The fraction of sp³-hybridized carbons (Fsp3) is 0.333. The summed E-state index contributed by atoms with van der Waals surface area (Å²) in [5.74, 6) is -0.827. The normalized spacial score (nSPS) is 9.76. The molecule has 4 nitrogen and oxygen atoms in total. The first-order valence-corrected chi connectivity index (χ1v) is 6.08. The van der Waals surface area contributed by atoms with Crippen molar-refractivity contribution in [3.63, 3.8) is 0 Å². The highest BCUT2D eigenvalue weighted by Crippen LogP contribution is 2.10. The summed E-state index contributed by atoms with van der Waals surface area (Å²) >= 11 is 3.33. The van der Waals surface area contributed by atoms with E-state index < -0.39 is 5.97 Å². The lowest BCUT2D eigenvalue weighted by molar-refractivity contribution is -0.146. The second-order valence-corrected chi connectivity index (χ2v) is 4.30. The van der Waals surface area contributed by atoms with E-state index in [4.69, 9.17) is 0 Å². The monoisotopic (exact) mass is 299 g/mol. The number of amides is 1. The molecular formula is C12H14BrNO3. The van der Waals surface area contributed by atoms with Gasteiger partial charge in [-0.25, -0.2) is 0 Å². The van der Waals surface area contributed by atoms with Crippen LogP contribution < -0.4 is 5.32 Å². The Morgan fingerprint density at radius 3 is 2.53 bits per heavy atom. The lowest BCUT2D eigenvalue weighted by Crippen LogP contribution is -2.26. The largest absolute Gasteiger partial charge is 0.466 e. The van der Waals surface area contributed by atoms with Crippen LogP contribution in [0.25, 0.3) is 0 Å². The number of benzene rings is 1. The lowest BCUT2D eigenvalue weighted by atomic mass is 10.2. The molecule has 1 N–H and O–H groups in total. The molecule has 17 heavy (non-hydrogen) atoms. The number of carbonyl (C=O) groups excluding carboxylic acids is 2. The standard InChI is InChI=1S/C12H14BrNO3/c1-2-17-12(16)7-11(15)14-8-9-3-5-10(13)6-4-9/h3-6H,2,7-8H2,1H3,(H,14,15). The maximum Gasteiger partial charge on any atom is 0.315 e. The molecule has 0 aliphatic rings. The van der Waals surface area contributed by atoms with Gasteiger partial charge < -0.3 is 10.1 Å². The van der Waals surface area contributed by atoms with Crippen molar-refractivity contribution < 1.29 is 14.3 Å². The van der Waals surface area contributed by atoms with Gasteiger partial charge in [-0.2, -0.15) is 0 Å². The van der Waals surface area contributed by atoms with Gasteiger partial charge in [0, 0.05) is 11.0 Å². The summed E-state index contributed by atoms with van der Waals surface area (Å²) in [7, 11) is 0. The molecule has 0 aliphatic carbocycles. The van der Waals surface area contributed by atoms with Crippen LogP contribution in [0.5, 0.6) is 0 Å². The topological polar surface area (TPSA) is 55.4 Å². The van der Waals surface area contributed by atoms with Crippen molar-refractivity contribution in [3.05, 3.63) is 34.3 Å². The van der Waals surface area contributed by atoms with Gasteiger partial charge in [0.2, 0.25) is 5.91 Å². The number of halogens is 1. The molecule has 0 spiro atoms. The Kier molecular flexibility index (Phi) is 5.69. The molecule has 0 saturated heterocycles. The van der Waals surface area contributed by atoms with E-state index in [1.807, 2.05) is 24.3 Å². The predicted octanol–water partition coefficient (Wildman–Crippen LogP) is 2.02. The molecule has 1 aromatic carbocycles. The summed E-state index contributed by atoms with van der Waals surface area (Å²) in [5.41, 5.74) is 0.977. The number of rotatable bonds is 5. The van der Waals surface area contributed by atoms with Crippen LogP contribution in [-0.2, 0) is 20.9 Å². The first-order chi connectivity index (χ1) is 8.11. The Bertz CT molecular complexity index is 389. The zero-order chi connectivity index (χ0) is 12.7. The van der Waals surface area contributed by atoms with Gasteiger partial charge >= 0.3 is 5.97 Å². The maximum absolute atomic E-state index is 11.3. The van der Waals surface area contributed by atoms with Gasteiger partial charge in [-0.05, 0) is 24.6 Å². The zero-order valence-electron chi connectivity index (χ0n) is 9.53. The third-order valence-corrected chi connectivity index (χ3v) is 2.54. The maximum atomic E-state index is 11.3. The average molecular weight is 300 g/mol. The number of ether oxygens (including phenoxy) is 1. The van der Waals surface area contributed by atoms with Gasteiger partial charge in [0.1, 0.15) is 6.42 Å². The van der Waals surface area contributed by atoms with Crippen LogP contribution in [0.3, 0.4) is 0 Å². The Balaban J connectivity index is 2.33. The number of esters is 1. The van der Waals surface area contributed by atoms with Gasteiger partial charge in [0.05, 0.1) is 6.61 Å². The van der Waals surface area contributed by atoms with E-state index in [2.05, 4.69) is 26.0 Å². The van der Waals surface area contributed by atoms with Gasteiger partial charge in [-0.15, -0.1) is 0 Å². The second kappa shape index (κ2) is 7.06. The molecule has 0 aromatic heterocycles. The molecule has 92 valence electrons. The van der Waals surface area contributed by atoms with E-state index in [0.717, 1.165) is 10.0 Å². The molecule has 5 heteroatoms. The fourth-order valence-electron chi connectivity index (χ4n) is 1.21. The summed E-state index contributed by atoms with van der Waals surface area (Å²) < 4.78 is 5.66. The summed E-state index contributed by atoms with van der Waals surface area (Å²) in [6.45, 7) is 2.40. The molecule has 0 bridgehead atoms. The smallest absolute Gasteiger partial charge is 0.315 e. The minimum atomic E-state index is -0.499. The Morgan fingerprint density at radius 2 is 1.94 bits per heavy atom. The summed E-state index contributed by atoms with van der Waals surface area (Å²) in [6.07, 6.45) is -0.232. The van der Waals surface area contributed by atoms with Crippen LogP contribution in [0.1, 0.15) is 18.9 Å². The van der Waals surface area contributed by atoms with Crippen molar-refractivity contribution in [2.24, 2.45) is 0 Å². The third kappa shape index (κ3) is 5.49. The molecule has 1 aromatic rings. The lowest BCUT2D eigenvalue weighted by Gasteiger charge is -2.05. The van der Waals surface area contributed by atoms with Crippen LogP contribution in [0.15, 0.2) is 28.7 Å². The van der Waals surface area contributed by atoms with Gasteiger partial charge in [-0.1, -0.05) is 28.1 Å². The molecule has 0 heterocycles. The van der Waals surface area contributed by atoms with Crippen LogP contribution >= 0.6 is 15.9 Å². The highest BCUT2D eigenvalue weighted by Gasteiger charge is 2.09. The third-order valence-electron chi connectivity index (χ3n) is 2.01. The van der Waals surface area contributed by atoms with Crippen molar-refractivity contribution in [2.45, 2.75) is 19.9 Å². The molecule has 0 saturated carbocycles. The van der Waals surface area contributed by atoms with E-state index in [9.17, 15) is 9.59 Å². The van der Waals surface area contributed by atoms with Crippen molar-refractivity contribution in [2.75, 3.05) is 6.61 Å². The first kappa shape index (κ1) is 13.7. The van der Waals surface area contributed by atoms with E-state index >= 15 is 0 Å². The van der Waals surface area contributed by atoms with Gasteiger partial charge in [0.15, 0.2) is 0 Å². The number of carbonyl (C=O) groups is 2. The molecule has 1 amide bonds. The molecule has 0 aliphatic heterocycles. The molecule has 0 atom stereocenters. The molecule has 1 rings (SSSR count). The van der Waals surface area contributed by atoms with E-state index in [-0.39, 0.29) is 12.3 Å². The van der Waals surface area contributed by atoms with E-state index in [1.54, 1.807) is 6.92 Å². The van der Waals surface area contributed by atoms with Gasteiger partial charge in [-0.3, -0.25) is 9.59 Å². The highest BCUT2D eigenvalue weighted by molar-refractivity contribution is 9.10. The quantitative estimate of drug-likeness (QED) is 0.668. The second-order valence-electron chi connectivity index (χ2n) is 3.38. The van der Waals surface area contributed by atoms with Gasteiger partial charge in [0.25, 0.3) is 0 Å². The van der Waals surface area contributed by atoms with Crippen molar-refractivity contribution in [3.8, 4) is 0 Å². The van der Waals surface area contributed by atoms with Crippen LogP contribution in [0.4, 0.5) is 0 Å². The van der Waals surface area contributed by atoms with Crippen molar-refractivity contribution >= 4 is 27.8 Å². The number of hydrogen-bond acceptors (Lipinski definition) is 3. The van der Waals surface area contributed by atoms with Crippen LogP contribution in [-0.4, -0.2) is 18.5 Å². The van der Waals surface area contributed by atoms with E-state index in [0.29, 0.717) is 13.2 Å². The average Bonchev–Trinajstić information content (AvgIpc) is 2.28. The highest BCUT2D eigenvalue weighted by atomic mass is 79.9. The summed E-state index contributed by atoms with van der Waals surface area (Å²) in [4.78, 5) is 22.4. The first-order valence-electron chi connectivity index (χ1n) is 5.28. The predicted molar refractivity (Wildman–Crippen MR) is 67.2 cm³/mol. The molecule has 0 fully saturated rings.